The monoisotopic (exact) mass is 736 g/mol. The highest BCUT2D eigenvalue weighted by atomic mass is 28.5. The molecule has 0 bridgehead atoms. The number of epoxide rings is 4. The van der Waals surface area contributed by atoms with Crippen LogP contribution in [-0.4, -0.2) is 81.1 Å². The lowest BCUT2D eigenvalue weighted by Crippen LogP contribution is -2.67. The first kappa shape index (κ1) is 34.3. The molecule has 0 amide bonds. The minimum atomic E-state index is -2.70. The summed E-state index contributed by atoms with van der Waals surface area (Å²) in [6.07, 6.45) is 26.0. The molecule has 8 atom stereocenters. The molecule has 0 aromatic rings. The lowest BCUT2D eigenvalue weighted by atomic mass is 9.87. The lowest BCUT2D eigenvalue weighted by molar-refractivity contribution is 0.201. The third-order valence-corrected chi connectivity index (χ3v) is 33.1. The molecule has 0 N–H and O–H groups in total. The van der Waals surface area contributed by atoms with E-state index >= 15 is 0 Å². The van der Waals surface area contributed by atoms with E-state index in [0.717, 1.165) is 49.9 Å². The van der Waals surface area contributed by atoms with Crippen LogP contribution in [0, 0.1) is 0 Å². The third-order valence-electron chi connectivity index (χ3n) is 14.6. The van der Waals surface area contributed by atoms with Crippen molar-refractivity contribution < 1.29 is 35.4 Å². The van der Waals surface area contributed by atoms with Crippen molar-refractivity contribution in [2.45, 2.75) is 226 Å². The molecule has 4 aliphatic carbocycles. The molecule has 5 aliphatic heterocycles. The molecule has 9 rings (SSSR count). The molecule has 9 aliphatic rings. The zero-order chi connectivity index (χ0) is 32.9. The average molecular weight is 737 g/mol. The van der Waals surface area contributed by atoms with Crippen LogP contribution in [0.4, 0.5) is 0 Å². The van der Waals surface area contributed by atoms with Crippen LogP contribution < -0.4 is 0 Å². The SMILES string of the molecule is C[Si]1(CCC23CCCCC2O3)O[Si](C)(CCC23CCCCC2O3)O[Si](C)(CCC23CCCCC2O3)O[Si](C)(CCC23CCCCC2O3)O1. The second-order valence-electron chi connectivity index (χ2n) is 18.6. The summed E-state index contributed by atoms with van der Waals surface area (Å²) in [5.74, 6) is 0. The van der Waals surface area contributed by atoms with Crippen LogP contribution in [0.15, 0.2) is 0 Å². The van der Waals surface area contributed by atoms with Gasteiger partial charge in [-0.15, -0.1) is 0 Å². The Morgan fingerprint density at radius 2 is 0.604 bits per heavy atom. The normalized spacial score (nSPS) is 55.2. The van der Waals surface area contributed by atoms with Gasteiger partial charge in [-0.05, 0) is 127 Å². The smallest absolute Gasteiger partial charge is 0.317 e. The zero-order valence-electron chi connectivity index (χ0n) is 30.5. The van der Waals surface area contributed by atoms with Crippen LogP contribution in [0.25, 0.3) is 0 Å². The molecule has 5 heterocycles. The number of ether oxygens (including phenoxy) is 4. The first-order valence-corrected chi connectivity index (χ1v) is 30.5. The molecule has 0 aromatic heterocycles. The van der Waals surface area contributed by atoms with Gasteiger partial charge >= 0.3 is 34.2 Å². The second-order valence-corrected chi connectivity index (χ2v) is 32.9. The number of hydrogen-bond acceptors (Lipinski definition) is 8. The first-order chi connectivity index (χ1) is 22.9. The van der Waals surface area contributed by atoms with Crippen molar-refractivity contribution in [2.75, 3.05) is 0 Å². The van der Waals surface area contributed by atoms with Crippen LogP contribution >= 0.6 is 0 Å². The van der Waals surface area contributed by atoms with Crippen molar-refractivity contribution in [1.82, 2.24) is 0 Å². The molecule has 272 valence electrons. The van der Waals surface area contributed by atoms with E-state index in [-0.39, 0.29) is 22.4 Å². The van der Waals surface area contributed by atoms with Gasteiger partial charge in [0.25, 0.3) is 0 Å². The quantitative estimate of drug-likeness (QED) is 0.145. The van der Waals surface area contributed by atoms with Gasteiger partial charge in [0.15, 0.2) is 0 Å². The van der Waals surface area contributed by atoms with Crippen LogP contribution in [0.5, 0.6) is 0 Å². The Kier molecular flexibility index (Phi) is 8.60. The molecular weight excluding hydrogens is 673 g/mol. The van der Waals surface area contributed by atoms with Gasteiger partial charge in [0.1, 0.15) is 0 Å². The van der Waals surface area contributed by atoms with Gasteiger partial charge in [0, 0.05) is 0 Å². The summed E-state index contributed by atoms with van der Waals surface area (Å²) in [5.41, 5.74) is 0.264. The maximum atomic E-state index is 7.67. The highest BCUT2D eigenvalue weighted by Gasteiger charge is 2.65. The van der Waals surface area contributed by atoms with Crippen LogP contribution in [-0.2, 0) is 35.4 Å². The molecular formula is C36H64O8Si4. The van der Waals surface area contributed by atoms with E-state index in [4.69, 9.17) is 35.4 Å². The Bertz CT molecular complexity index is 1050. The summed E-state index contributed by atoms with van der Waals surface area (Å²) < 4.78 is 56.4. The summed E-state index contributed by atoms with van der Waals surface area (Å²) >= 11 is 0. The summed E-state index contributed by atoms with van der Waals surface area (Å²) in [6, 6.07) is 3.86. The summed E-state index contributed by atoms with van der Waals surface area (Å²) in [7, 11) is -10.8. The van der Waals surface area contributed by atoms with Crippen LogP contribution in [0.1, 0.15) is 128 Å². The van der Waals surface area contributed by atoms with Gasteiger partial charge in [-0.2, -0.15) is 0 Å². The topological polar surface area (TPSA) is 87.0 Å². The van der Waals surface area contributed by atoms with Crippen LogP contribution in [0.3, 0.4) is 0 Å². The van der Waals surface area contributed by atoms with E-state index in [1.165, 1.54) is 103 Å². The molecule has 8 unspecified atom stereocenters. The van der Waals surface area contributed by atoms with Crippen molar-refractivity contribution in [1.29, 1.82) is 0 Å². The van der Waals surface area contributed by atoms with E-state index in [1.807, 2.05) is 0 Å². The molecule has 0 spiro atoms. The van der Waals surface area contributed by atoms with Crippen molar-refractivity contribution in [2.24, 2.45) is 0 Å². The van der Waals surface area contributed by atoms with Gasteiger partial charge < -0.3 is 35.4 Å². The zero-order valence-corrected chi connectivity index (χ0v) is 34.5. The Balaban J connectivity index is 0.984. The first-order valence-electron chi connectivity index (χ1n) is 20.4. The average Bonchev–Trinajstić information content (AvgIpc) is 3.91. The largest absolute Gasteiger partial charge is 0.416 e. The van der Waals surface area contributed by atoms with E-state index in [9.17, 15) is 0 Å². The molecule has 8 nitrogen and oxygen atoms in total. The second kappa shape index (κ2) is 12.0. The fraction of sp³-hybridized carbons (Fsp3) is 1.00. The minimum absolute atomic E-state index is 0.0661. The maximum Gasteiger partial charge on any atom is 0.317 e. The van der Waals surface area contributed by atoms with E-state index < -0.39 is 34.2 Å². The summed E-state index contributed by atoms with van der Waals surface area (Å²) in [4.78, 5) is 0. The summed E-state index contributed by atoms with van der Waals surface area (Å²) in [6.45, 7) is 9.47. The van der Waals surface area contributed by atoms with Gasteiger partial charge in [-0.1, -0.05) is 51.4 Å². The van der Waals surface area contributed by atoms with Crippen molar-refractivity contribution in [3.63, 3.8) is 0 Å². The van der Waals surface area contributed by atoms with Gasteiger partial charge in [-0.25, -0.2) is 0 Å². The Hall–Kier alpha value is 0.548. The Morgan fingerprint density at radius 3 is 0.812 bits per heavy atom. The molecule has 0 aromatic carbocycles. The molecule has 0 radical (unpaired) electrons. The lowest BCUT2D eigenvalue weighted by Gasteiger charge is -2.51. The standard InChI is InChI=1S/C36H64O8Si4/c1-45(25-21-33-17-9-5-13-29(33)37-33)41-46(2,26-22-34-18-10-6-14-30(34)38-34)43-48(4,28-24-36-20-12-8-16-32(36)40-36)44-47(3,42-45)27-23-35-19-11-7-15-31(35)39-35/h29-32H,5-28H2,1-4H3. The number of rotatable bonds is 12. The summed E-state index contributed by atoms with van der Waals surface area (Å²) in [5, 5.41) is 0. The van der Waals surface area contributed by atoms with Crippen molar-refractivity contribution >= 4 is 34.2 Å². The number of fused-ring (bicyclic) bond motifs is 4. The van der Waals surface area contributed by atoms with Crippen molar-refractivity contribution in [3.05, 3.63) is 0 Å². The fourth-order valence-corrected chi connectivity index (χ4v) is 35.2. The van der Waals surface area contributed by atoms with Crippen LogP contribution in [0.2, 0.25) is 50.4 Å². The third kappa shape index (κ3) is 6.65. The Morgan fingerprint density at radius 1 is 0.375 bits per heavy atom. The number of hydrogen-bond donors (Lipinski definition) is 0. The molecule has 9 fully saturated rings. The highest BCUT2D eigenvalue weighted by molar-refractivity contribution is 6.93. The van der Waals surface area contributed by atoms with E-state index in [2.05, 4.69) is 26.2 Å². The predicted molar refractivity (Wildman–Crippen MR) is 193 cm³/mol. The molecule has 5 saturated heterocycles. The fourth-order valence-electron chi connectivity index (χ4n) is 11.6. The minimum Gasteiger partial charge on any atom is -0.416 e. The van der Waals surface area contributed by atoms with Gasteiger partial charge in [-0.3, -0.25) is 0 Å². The van der Waals surface area contributed by atoms with E-state index in [1.54, 1.807) is 0 Å². The highest BCUT2D eigenvalue weighted by Crippen LogP contribution is 2.56. The van der Waals surface area contributed by atoms with Gasteiger partial charge in [0.2, 0.25) is 0 Å². The van der Waals surface area contributed by atoms with Gasteiger partial charge in [0.05, 0.1) is 46.8 Å². The van der Waals surface area contributed by atoms with E-state index in [0.29, 0.717) is 24.4 Å². The molecule has 12 heteroatoms. The predicted octanol–water partition coefficient (Wildman–Crippen LogP) is 8.76. The molecule has 4 saturated carbocycles. The Labute approximate surface area is 294 Å². The maximum absolute atomic E-state index is 7.67. The van der Waals surface area contributed by atoms with Crippen molar-refractivity contribution in [3.8, 4) is 0 Å². The molecule has 48 heavy (non-hydrogen) atoms.